The van der Waals surface area contributed by atoms with Crippen LogP contribution >= 0.6 is 34.4 Å². The third-order valence-electron chi connectivity index (χ3n) is 19.0. The van der Waals surface area contributed by atoms with Crippen LogP contribution in [0, 0.1) is 18.6 Å². The Morgan fingerprint density at radius 2 is 1.13 bits per heavy atom. The highest BCUT2D eigenvalue weighted by molar-refractivity contribution is 8.03. The predicted molar refractivity (Wildman–Crippen MR) is 426 cm³/mol. The summed E-state index contributed by atoms with van der Waals surface area (Å²) in [5.41, 5.74) is 8.29. The second-order valence-electron chi connectivity index (χ2n) is 28.2. The van der Waals surface area contributed by atoms with Gasteiger partial charge in [-0.3, -0.25) is 0 Å². The van der Waals surface area contributed by atoms with E-state index in [4.69, 9.17) is 26.7 Å². The van der Waals surface area contributed by atoms with E-state index in [9.17, 15) is 0 Å². The lowest BCUT2D eigenvalue weighted by atomic mass is 9.75. The number of likely N-dealkylation sites (N-methyl/N-ethyl adjacent to an activating group) is 1. The Bertz CT molecular complexity index is 4400. The van der Waals surface area contributed by atoms with E-state index in [0.29, 0.717) is 30.4 Å². The summed E-state index contributed by atoms with van der Waals surface area (Å²) in [6.07, 6.45) is 12.9. The summed E-state index contributed by atoms with van der Waals surface area (Å²) in [5.74, 6) is 1.09. The Kier molecular flexibility index (Phi) is 21.9. The van der Waals surface area contributed by atoms with Gasteiger partial charge >= 0.3 is 0 Å². The van der Waals surface area contributed by atoms with Crippen molar-refractivity contribution in [3.8, 4) is 0 Å². The fraction of sp³-hybridized carbons (Fsp3) is 0.271. The van der Waals surface area contributed by atoms with E-state index in [1.54, 1.807) is 6.92 Å². The minimum atomic E-state index is -2.80. The molecule has 1 atom stereocenters. The predicted octanol–water partition coefficient (Wildman–Crippen LogP) is 21.0. The Balaban J connectivity index is 0.910. The average Bonchev–Trinajstić information content (AvgIpc) is 1.00. The normalized spacial score (nSPS) is 17.0. The lowest BCUT2D eigenvalue weighted by molar-refractivity contribution is 0.0747. The maximum atomic E-state index is 8.42. The van der Waals surface area contributed by atoms with Crippen LogP contribution in [-0.2, 0) is 19.2 Å². The monoisotopic (exact) mass is 1380 g/mol. The molecule has 0 radical (unpaired) electrons. The second-order valence-corrected chi connectivity index (χ2v) is 40.1. The number of nitrogens with zero attached hydrogens (tertiary/aromatic N) is 4. The summed E-state index contributed by atoms with van der Waals surface area (Å²) in [6.45, 7) is 43.8. The van der Waals surface area contributed by atoms with Gasteiger partial charge in [-0.1, -0.05) is 231 Å². The first-order chi connectivity index (χ1) is 47.2. The van der Waals surface area contributed by atoms with Gasteiger partial charge in [-0.15, -0.1) is 34.4 Å². The molecule has 13 heteroatoms. The maximum Gasteiger partial charge on any atom is 0.261 e. The molecule has 0 fully saturated rings. The molecule has 500 valence electrons. The number of thioether (sulfide) groups is 1. The number of hydrogen-bond donors (Lipinski definition) is 1. The van der Waals surface area contributed by atoms with Gasteiger partial charge in [0.2, 0.25) is 5.70 Å². The zero-order valence-corrected chi connectivity index (χ0v) is 63.2. The van der Waals surface area contributed by atoms with Crippen LogP contribution in [0.5, 0.6) is 0 Å². The first-order valence-electron chi connectivity index (χ1n) is 34.0. The Labute approximate surface area is 597 Å². The van der Waals surface area contributed by atoms with Crippen molar-refractivity contribution >= 4 is 115 Å². The molecule has 11 rings (SSSR count). The van der Waals surface area contributed by atoms with Gasteiger partial charge in [0.15, 0.2) is 5.70 Å². The van der Waals surface area contributed by atoms with Crippen LogP contribution in [0.2, 0.25) is 10.1 Å². The molecule has 1 N–H and O–H groups in total. The average molecular weight is 1380 g/mol. The van der Waals surface area contributed by atoms with Crippen LogP contribution in [0.4, 0.5) is 27.8 Å². The molecule has 1 aliphatic carbocycles. The van der Waals surface area contributed by atoms with Crippen LogP contribution in [-0.4, -0.2) is 55.7 Å². The van der Waals surface area contributed by atoms with E-state index in [2.05, 4.69) is 293 Å². The lowest BCUT2D eigenvalue weighted by Gasteiger charge is -2.43. The number of nitrogens with one attached hydrogen (secondary N) is 1. The highest BCUT2D eigenvalue weighted by Gasteiger charge is 2.52. The van der Waals surface area contributed by atoms with E-state index in [1.807, 2.05) is 84.8 Å². The number of allylic oxidation sites excluding steroid dienone is 6. The summed E-state index contributed by atoms with van der Waals surface area (Å²) in [4.78, 5) is 15.0. The molecule has 2 aliphatic rings. The van der Waals surface area contributed by atoms with Gasteiger partial charge in [0.25, 0.3) is 16.6 Å². The molecule has 0 saturated heterocycles. The smallest absolute Gasteiger partial charge is 0.261 e. The van der Waals surface area contributed by atoms with Gasteiger partial charge in [-0.25, -0.2) is 9.69 Å². The van der Waals surface area contributed by atoms with Crippen molar-refractivity contribution in [2.24, 2.45) is 5.41 Å². The van der Waals surface area contributed by atoms with Crippen LogP contribution in [0.25, 0.3) is 25.2 Å². The van der Waals surface area contributed by atoms with Gasteiger partial charge in [0, 0.05) is 80.0 Å². The van der Waals surface area contributed by atoms with Crippen LogP contribution < -0.4 is 35.9 Å². The molecule has 2 aromatic heterocycles. The van der Waals surface area contributed by atoms with Crippen molar-refractivity contribution in [3.63, 3.8) is 0 Å². The molecule has 98 heavy (non-hydrogen) atoms. The molecule has 1 aliphatic heterocycles. The van der Waals surface area contributed by atoms with Gasteiger partial charge in [-0.05, 0) is 153 Å². The molecule has 3 heterocycles. The maximum absolute atomic E-state index is 8.42. The van der Waals surface area contributed by atoms with Crippen molar-refractivity contribution < 1.29 is 13.6 Å². The molecular weight excluding hydrogens is 1290 g/mol. The van der Waals surface area contributed by atoms with E-state index < -0.39 is 22.2 Å². The van der Waals surface area contributed by atoms with E-state index in [-0.39, 0.29) is 15.5 Å². The lowest BCUT2D eigenvalue weighted by Crippen LogP contribution is -2.67. The van der Waals surface area contributed by atoms with Crippen LogP contribution in [0.15, 0.2) is 275 Å². The Hall–Kier alpha value is -8.48. The van der Waals surface area contributed by atoms with Gasteiger partial charge in [-0.2, -0.15) is 0 Å². The first-order valence-corrected chi connectivity index (χ1v) is 40.4. The molecule has 0 spiro atoms. The fourth-order valence-corrected chi connectivity index (χ4v) is 26.9. The van der Waals surface area contributed by atoms with Crippen molar-refractivity contribution in [2.75, 3.05) is 54.2 Å². The highest BCUT2D eigenvalue weighted by Crippen LogP contribution is 2.51. The summed E-state index contributed by atoms with van der Waals surface area (Å²) in [7, 11) is -3.53. The topological polar surface area (TPSA) is 54.9 Å². The third-order valence-corrected chi connectivity index (χ3v) is 32.5. The number of benzene rings is 7. The fourth-order valence-electron chi connectivity index (χ4n) is 14.3. The van der Waals surface area contributed by atoms with Crippen molar-refractivity contribution in [1.29, 1.82) is 0 Å². The molecule has 9 aromatic rings. The molecule has 0 bridgehead atoms. The van der Waals surface area contributed by atoms with Crippen LogP contribution in [0.3, 0.4) is 0 Å². The van der Waals surface area contributed by atoms with Crippen molar-refractivity contribution in [1.82, 2.24) is 0 Å². The number of rotatable bonds is 24. The Morgan fingerprint density at radius 3 is 1.62 bits per heavy atom. The summed E-state index contributed by atoms with van der Waals surface area (Å²) in [6, 6.07) is 76.2. The quantitative estimate of drug-likeness (QED) is 0.0367. The van der Waals surface area contributed by atoms with Crippen molar-refractivity contribution in [2.45, 2.75) is 105 Å². The zero-order chi connectivity index (χ0) is 69.3. The molecule has 7 aromatic carbocycles. The minimum Gasteiger partial charge on any atom is -0.502 e. The first kappa shape index (κ1) is 70.8. The minimum absolute atomic E-state index is 0.0555. The van der Waals surface area contributed by atoms with E-state index in [0.717, 1.165) is 70.6 Å². The number of anilines is 5. The molecular formula is C85H91N5O3S3Si2. The van der Waals surface area contributed by atoms with E-state index in [1.165, 1.54) is 51.1 Å². The molecule has 1 unspecified atom stereocenters. The number of ether oxygens (including phenoxy) is 1. The second kappa shape index (κ2) is 30.3. The van der Waals surface area contributed by atoms with Crippen LogP contribution in [0.1, 0.15) is 99.4 Å². The van der Waals surface area contributed by atoms with Crippen molar-refractivity contribution in [3.05, 3.63) is 309 Å². The van der Waals surface area contributed by atoms with E-state index >= 15 is 0 Å². The number of fused-ring (bicyclic) bond motifs is 1. The standard InChI is InChI=1S/C85H91N5O3S3Si2/c1-15-89(54-55-91-97(82(3,4)5,71-35-23-17-24-36-71)72-37-25-18-26-38-72)67-49-51-69(52-50-67)90(68-47-45-66(87-13)46-48-68)78-59-77-76(96-78)58-70(95-77)53-44-64-61-84(9,10)60-63(32-31-43-75-79(88-14)80(62(2)86-12)93-85(75,11)65-33-21-16-22-34-65)81(64)94-57-56-92-98(83(6,7)8,73-39-27-19-28-40-73)74-41-29-20-30-42-74/h16-53,58-59,87H,15,54-57,60-61H2,1-11,13H3/b43-31+,53-44+,63-32+,80-62+. The molecule has 0 saturated carbocycles. The third kappa shape index (κ3) is 14.8. The summed E-state index contributed by atoms with van der Waals surface area (Å²) >= 11 is 5.54. The number of thiophene rings is 2. The van der Waals surface area contributed by atoms with Gasteiger partial charge in [0.05, 0.1) is 19.8 Å². The summed E-state index contributed by atoms with van der Waals surface area (Å²) in [5, 5.41) is 9.33. The molecule has 0 amide bonds. The summed E-state index contributed by atoms with van der Waals surface area (Å²) < 4.78 is 24.1. The van der Waals surface area contributed by atoms with Gasteiger partial charge < -0.3 is 28.7 Å². The SMILES string of the molecule is [C-]#[N+]C1=C(/C=C/C=C2\CC(C)(C)CC(/C=C/c3cc4sc(N(c5ccc(NC)cc5)c5ccc(N(CC)CCO[Si](c6ccccc6)(c6ccccc6)C(C)(C)C)cc5)cc4s3)=C2SCCO[Si](c2ccccc2)(c2ccccc2)C(C)(C)C)C(C)(c2ccccc2)O/C1=C(\C)[N+]#[C-]. The molecule has 8 nitrogen and oxygen atoms in total. The highest BCUT2D eigenvalue weighted by atomic mass is 32.2. The van der Waals surface area contributed by atoms with Gasteiger partial charge in [0.1, 0.15) is 16.4 Å². The zero-order valence-electron chi connectivity index (χ0n) is 58.8. The number of hydrogen-bond acceptors (Lipinski definition) is 9. The largest absolute Gasteiger partial charge is 0.502 e. The Morgan fingerprint density at radius 1 is 0.633 bits per heavy atom.